The molecular weight excluding hydrogens is 382 g/mol. The number of ketones is 1. The smallest absolute Gasteiger partial charge is 0.308 e. The number of benzene rings is 2. The third kappa shape index (κ3) is 2.56. The van der Waals surface area contributed by atoms with Gasteiger partial charge in [0.2, 0.25) is 9.84 Å². The molecule has 0 aliphatic carbocycles. The first-order chi connectivity index (χ1) is 13.2. The Balaban J connectivity index is 1.76. The number of likely N-dealkylation sites (tertiary alicyclic amines) is 1. The minimum atomic E-state index is -3.94. The molecule has 2 aromatic carbocycles. The van der Waals surface area contributed by atoms with Crippen LogP contribution in [0, 0.1) is 5.92 Å². The van der Waals surface area contributed by atoms with Crippen LogP contribution in [0.2, 0.25) is 0 Å². The molecule has 2 aromatic rings. The SMILES string of the molecule is CC1C(C(=O)O)CCN1C(=O)c1ccc2c(c1)S(=O)(=O)c1ccccc1C2=O. The van der Waals surface area contributed by atoms with Crippen molar-refractivity contribution < 1.29 is 27.9 Å². The van der Waals surface area contributed by atoms with Crippen LogP contribution in [-0.4, -0.2) is 48.7 Å². The number of carboxylic acid groups (broad SMARTS) is 1. The fourth-order valence-electron chi connectivity index (χ4n) is 3.94. The van der Waals surface area contributed by atoms with E-state index in [1.807, 2.05) is 0 Å². The zero-order valence-corrected chi connectivity index (χ0v) is 15.8. The predicted octanol–water partition coefficient (Wildman–Crippen LogP) is 2.00. The van der Waals surface area contributed by atoms with Gasteiger partial charge in [0.05, 0.1) is 15.7 Å². The van der Waals surface area contributed by atoms with Gasteiger partial charge in [-0.05, 0) is 43.7 Å². The van der Waals surface area contributed by atoms with Gasteiger partial charge < -0.3 is 10.0 Å². The highest BCUT2D eigenvalue weighted by Gasteiger charge is 2.40. The van der Waals surface area contributed by atoms with E-state index in [0.29, 0.717) is 6.42 Å². The summed E-state index contributed by atoms with van der Waals surface area (Å²) in [5.41, 5.74) is 0.270. The molecule has 2 aliphatic rings. The maximum atomic E-state index is 13.0. The zero-order chi connectivity index (χ0) is 20.2. The van der Waals surface area contributed by atoms with E-state index in [9.17, 15) is 27.9 Å². The highest BCUT2D eigenvalue weighted by Crippen LogP contribution is 2.35. The van der Waals surface area contributed by atoms with Crippen LogP contribution in [0.4, 0.5) is 0 Å². The Morgan fingerprint density at radius 3 is 2.43 bits per heavy atom. The molecule has 0 bridgehead atoms. The van der Waals surface area contributed by atoms with E-state index in [1.54, 1.807) is 19.1 Å². The van der Waals surface area contributed by atoms with Crippen LogP contribution < -0.4 is 0 Å². The summed E-state index contributed by atoms with van der Waals surface area (Å²) in [6, 6.07) is 9.48. The molecule has 2 atom stereocenters. The van der Waals surface area contributed by atoms with Gasteiger partial charge in [0.1, 0.15) is 0 Å². The van der Waals surface area contributed by atoms with E-state index in [2.05, 4.69) is 0 Å². The van der Waals surface area contributed by atoms with E-state index in [4.69, 9.17) is 0 Å². The lowest BCUT2D eigenvalue weighted by Gasteiger charge is -2.24. The largest absolute Gasteiger partial charge is 0.481 e. The number of aliphatic carboxylic acids is 1. The van der Waals surface area contributed by atoms with Crippen molar-refractivity contribution in [2.45, 2.75) is 29.2 Å². The van der Waals surface area contributed by atoms with E-state index < -0.39 is 39.5 Å². The number of sulfone groups is 1. The van der Waals surface area contributed by atoms with E-state index in [-0.39, 0.29) is 33.0 Å². The molecule has 1 N–H and O–H groups in total. The fraction of sp³-hybridized carbons (Fsp3) is 0.250. The quantitative estimate of drug-likeness (QED) is 0.706. The van der Waals surface area contributed by atoms with Crippen molar-refractivity contribution in [3.8, 4) is 0 Å². The summed E-state index contributed by atoms with van der Waals surface area (Å²) in [5.74, 6) is -2.46. The van der Waals surface area contributed by atoms with Crippen LogP contribution in [0.1, 0.15) is 39.6 Å². The Labute approximate surface area is 161 Å². The molecule has 4 rings (SSSR count). The van der Waals surface area contributed by atoms with E-state index in [0.717, 1.165) is 0 Å². The van der Waals surface area contributed by atoms with Crippen molar-refractivity contribution in [2.75, 3.05) is 6.54 Å². The van der Waals surface area contributed by atoms with Crippen LogP contribution in [-0.2, 0) is 14.6 Å². The summed E-state index contributed by atoms with van der Waals surface area (Å²) in [6.45, 7) is 1.95. The summed E-state index contributed by atoms with van der Waals surface area (Å²) >= 11 is 0. The maximum Gasteiger partial charge on any atom is 0.308 e. The molecule has 0 aromatic heterocycles. The van der Waals surface area contributed by atoms with Gasteiger partial charge in [0.25, 0.3) is 5.91 Å². The Morgan fingerprint density at radius 2 is 1.75 bits per heavy atom. The third-order valence-electron chi connectivity index (χ3n) is 5.52. The molecule has 144 valence electrons. The minimum absolute atomic E-state index is 0.0353. The maximum absolute atomic E-state index is 13.0. The second-order valence-electron chi connectivity index (χ2n) is 7.01. The van der Waals surface area contributed by atoms with E-state index in [1.165, 1.54) is 35.2 Å². The van der Waals surface area contributed by atoms with Crippen molar-refractivity contribution >= 4 is 27.5 Å². The summed E-state index contributed by atoms with van der Waals surface area (Å²) in [5, 5.41) is 9.25. The van der Waals surface area contributed by atoms with Crippen LogP contribution in [0.5, 0.6) is 0 Å². The topological polar surface area (TPSA) is 109 Å². The number of carbonyl (C=O) groups excluding carboxylic acids is 2. The lowest BCUT2D eigenvalue weighted by Crippen LogP contribution is -2.37. The van der Waals surface area contributed by atoms with Crippen molar-refractivity contribution in [3.05, 3.63) is 59.2 Å². The fourth-order valence-corrected chi connectivity index (χ4v) is 5.62. The first-order valence-corrected chi connectivity index (χ1v) is 10.3. The number of hydrogen-bond acceptors (Lipinski definition) is 5. The van der Waals surface area contributed by atoms with Gasteiger partial charge in [-0.3, -0.25) is 14.4 Å². The molecule has 28 heavy (non-hydrogen) atoms. The minimum Gasteiger partial charge on any atom is -0.481 e. The number of amides is 1. The molecular formula is C20H17NO6S. The third-order valence-corrected chi connectivity index (χ3v) is 7.37. The standard InChI is InChI=1S/C20H17NO6S/c1-11-13(20(24)25)8-9-21(11)19(23)12-6-7-15-17(10-12)28(26,27)16-5-3-2-4-14(16)18(15)22/h2-7,10-11,13H,8-9H2,1H3,(H,24,25). The molecule has 1 amide bonds. The highest BCUT2D eigenvalue weighted by atomic mass is 32.2. The van der Waals surface area contributed by atoms with Crippen molar-refractivity contribution in [3.63, 3.8) is 0 Å². The molecule has 1 fully saturated rings. The first-order valence-electron chi connectivity index (χ1n) is 8.80. The van der Waals surface area contributed by atoms with Gasteiger partial charge in [-0.15, -0.1) is 0 Å². The molecule has 2 aliphatic heterocycles. The van der Waals surface area contributed by atoms with E-state index >= 15 is 0 Å². The second-order valence-corrected chi connectivity index (χ2v) is 8.90. The highest BCUT2D eigenvalue weighted by molar-refractivity contribution is 7.91. The average Bonchev–Trinajstić information content (AvgIpc) is 3.07. The average molecular weight is 399 g/mol. The molecule has 0 radical (unpaired) electrons. The van der Waals surface area contributed by atoms with Crippen LogP contribution in [0.15, 0.2) is 52.3 Å². The first kappa shape index (κ1) is 18.4. The molecule has 0 saturated carbocycles. The number of rotatable bonds is 2. The van der Waals surface area contributed by atoms with Crippen LogP contribution >= 0.6 is 0 Å². The van der Waals surface area contributed by atoms with Gasteiger partial charge in [-0.1, -0.05) is 12.1 Å². The normalized spacial score (nSPS) is 22.5. The molecule has 0 spiro atoms. The number of nitrogens with zero attached hydrogens (tertiary/aromatic N) is 1. The number of hydrogen-bond donors (Lipinski definition) is 1. The van der Waals surface area contributed by atoms with Gasteiger partial charge in [0.15, 0.2) is 5.78 Å². The summed E-state index contributed by atoms with van der Waals surface area (Å²) in [6.07, 6.45) is 0.345. The molecule has 2 heterocycles. The van der Waals surface area contributed by atoms with Gasteiger partial charge in [-0.25, -0.2) is 8.42 Å². The Bertz CT molecular complexity index is 1140. The van der Waals surface area contributed by atoms with Crippen LogP contribution in [0.25, 0.3) is 0 Å². The van der Waals surface area contributed by atoms with Gasteiger partial charge in [-0.2, -0.15) is 0 Å². The van der Waals surface area contributed by atoms with Gasteiger partial charge in [0, 0.05) is 29.3 Å². The second kappa shape index (κ2) is 6.27. The molecule has 1 saturated heterocycles. The van der Waals surface area contributed by atoms with Crippen LogP contribution in [0.3, 0.4) is 0 Å². The van der Waals surface area contributed by atoms with Crippen molar-refractivity contribution in [1.82, 2.24) is 4.90 Å². The van der Waals surface area contributed by atoms with Crippen molar-refractivity contribution in [1.29, 1.82) is 0 Å². The Morgan fingerprint density at radius 1 is 1.07 bits per heavy atom. The lowest BCUT2D eigenvalue weighted by atomic mass is 10.00. The van der Waals surface area contributed by atoms with Gasteiger partial charge >= 0.3 is 5.97 Å². The number of carbonyl (C=O) groups is 3. The molecule has 2 unspecified atom stereocenters. The molecule has 7 nitrogen and oxygen atoms in total. The monoisotopic (exact) mass is 399 g/mol. The zero-order valence-electron chi connectivity index (χ0n) is 15.0. The summed E-state index contributed by atoms with van der Waals surface area (Å²) in [7, 11) is -3.94. The summed E-state index contributed by atoms with van der Waals surface area (Å²) in [4.78, 5) is 38.0. The number of carboxylic acids is 1. The van der Waals surface area contributed by atoms with Crippen molar-refractivity contribution in [2.24, 2.45) is 5.92 Å². The summed E-state index contributed by atoms with van der Waals surface area (Å²) < 4.78 is 26.0. The Hall–Kier alpha value is -3.00. The molecule has 8 heteroatoms. The number of fused-ring (bicyclic) bond motifs is 2. The Kier molecular flexibility index (Phi) is 4.11. The predicted molar refractivity (Wildman–Crippen MR) is 98.0 cm³/mol. The lowest BCUT2D eigenvalue weighted by molar-refractivity contribution is -0.142.